The SMILES string of the molecule is [B]C1(O)CC2(C)C(CCC2[C@H](C)CCC(C)=O)C2CC=C3C[C@@](C)(O)CCC3(C)C21. The van der Waals surface area contributed by atoms with E-state index in [-0.39, 0.29) is 22.5 Å². The van der Waals surface area contributed by atoms with Crippen molar-refractivity contribution in [1.82, 2.24) is 0 Å². The summed E-state index contributed by atoms with van der Waals surface area (Å²) in [4.78, 5) is 11.5. The van der Waals surface area contributed by atoms with E-state index in [1.54, 1.807) is 6.92 Å². The van der Waals surface area contributed by atoms with Crippen LogP contribution in [0.5, 0.6) is 0 Å². The van der Waals surface area contributed by atoms with Crippen molar-refractivity contribution in [2.24, 2.45) is 40.4 Å². The predicted octanol–water partition coefficient (Wildman–Crippen LogP) is 4.79. The highest BCUT2D eigenvalue weighted by atomic mass is 16.3. The molecule has 166 valence electrons. The lowest BCUT2D eigenvalue weighted by Gasteiger charge is -2.64. The second-order valence-corrected chi connectivity index (χ2v) is 12.4. The van der Waals surface area contributed by atoms with Gasteiger partial charge in [0, 0.05) is 11.9 Å². The first-order valence-electron chi connectivity index (χ1n) is 12.2. The fourth-order valence-corrected chi connectivity index (χ4v) is 8.80. The second-order valence-electron chi connectivity index (χ2n) is 12.4. The molecule has 4 rings (SSSR count). The van der Waals surface area contributed by atoms with Crippen LogP contribution in [0.25, 0.3) is 0 Å². The molecule has 4 heteroatoms. The number of allylic oxidation sites excluding steroid dienone is 1. The minimum absolute atomic E-state index is 0.0305. The van der Waals surface area contributed by atoms with Gasteiger partial charge in [0.2, 0.25) is 0 Å². The molecule has 4 aliphatic rings. The largest absolute Gasteiger partial charge is 0.399 e. The van der Waals surface area contributed by atoms with Gasteiger partial charge in [0.05, 0.1) is 5.60 Å². The van der Waals surface area contributed by atoms with Crippen LogP contribution in [-0.2, 0) is 4.79 Å². The molecule has 0 bridgehead atoms. The molecule has 7 unspecified atom stereocenters. The van der Waals surface area contributed by atoms with Crippen LogP contribution in [0.1, 0.15) is 92.4 Å². The average Bonchev–Trinajstić information content (AvgIpc) is 2.95. The van der Waals surface area contributed by atoms with Gasteiger partial charge in [-0.25, -0.2) is 0 Å². The summed E-state index contributed by atoms with van der Waals surface area (Å²) in [7, 11) is 6.83. The van der Waals surface area contributed by atoms with Gasteiger partial charge < -0.3 is 15.0 Å². The van der Waals surface area contributed by atoms with Crippen LogP contribution in [0.4, 0.5) is 0 Å². The van der Waals surface area contributed by atoms with Crippen LogP contribution in [-0.4, -0.2) is 34.9 Å². The van der Waals surface area contributed by atoms with E-state index in [0.29, 0.717) is 42.9 Å². The van der Waals surface area contributed by atoms with Crippen LogP contribution >= 0.6 is 0 Å². The molecule has 4 aliphatic carbocycles. The first-order chi connectivity index (χ1) is 13.8. The van der Waals surface area contributed by atoms with Gasteiger partial charge in [0.25, 0.3) is 0 Å². The van der Waals surface area contributed by atoms with E-state index in [9.17, 15) is 15.0 Å². The Morgan fingerprint density at radius 3 is 2.60 bits per heavy atom. The number of ketones is 1. The molecule has 2 N–H and O–H groups in total. The molecule has 3 nitrogen and oxygen atoms in total. The van der Waals surface area contributed by atoms with Crippen LogP contribution in [0, 0.1) is 40.4 Å². The van der Waals surface area contributed by atoms with E-state index in [0.717, 1.165) is 25.7 Å². The Morgan fingerprint density at radius 2 is 1.93 bits per heavy atom. The number of hydrogen-bond acceptors (Lipinski definition) is 3. The fraction of sp³-hybridized carbons (Fsp3) is 0.885. The van der Waals surface area contributed by atoms with Gasteiger partial charge in [-0.15, -0.1) is 0 Å². The molecule has 0 aromatic carbocycles. The third-order valence-electron chi connectivity index (χ3n) is 10.1. The van der Waals surface area contributed by atoms with E-state index in [2.05, 4.69) is 26.8 Å². The van der Waals surface area contributed by atoms with Crippen LogP contribution < -0.4 is 0 Å². The Kier molecular flexibility index (Phi) is 5.42. The summed E-state index contributed by atoms with van der Waals surface area (Å²) >= 11 is 0. The quantitative estimate of drug-likeness (QED) is 0.516. The Morgan fingerprint density at radius 1 is 1.23 bits per heavy atom. The normalized spacial score (nSPS) is 51.4. The maximum absolute atomic E-state index is 11.8. The number of rotatable bonds is 4. The fourth-order valence-electron chi connectivity index (χ4n) is 8.80. The van der Waals surface area contributed by atoms with Crippen molar-refractivity contribution in [2.45, 2.75) is 104 Å². The first kappa shape index (κ1) is 22.6. The summed E-state index contributed by atoms with van der Waals surface area (Å²) in [5.74, 6) is 2.31. The molecule has 30 heavy (non-hydrogen) atoms. The molecule has 0 spiro atoms. The summed E-state index contributed by atoms with van der Waals surface area (Å²) in [6.45, 7) is 10.6. The van der Waals surface area contributed by atoms with Gasteiger partial charge in [-0.2, -0.15) is 0 Å². The second kappa shape index (κ2) is 7.20. The summed E-state index contributed by atoms with van der Waals surface area (Å²) in [6, 6.07) is 0. The van der Waals surface area contributed by atoms with Gasteiger partial charge in [-0.3, -0.25) is 0 Å². The number of hydrogen-bond donors (Lipinski definition) is 2. The molecule has 2 radical (unpaired) electrons. The maximum Gasteiger partial charge on any atom is 0.129 e. The zero-order chi connectivity index (χ0) is 22.1. The van der Waals surface area contributed by atoms with E-state index in [1.807, 2.05) is 6.92 Å². The lowest BCUT2D eigenvalue weighted by atomic mass is 9.39. The van der Waals surface area contributed by atoms with E-state index in [1.165, 1.54) is 18.4 Å². The summed E-state index contributed by atoms with van der Waals surface area (Å²) in [5.41, 5.74) is -0.594. The van der Waals surface area contributed by atoms with Gasteiger partial charge in [-0.1, -0.05) is 32.4 Å². The molecule has 3 saturated carbocycles. The summed E-state index contributed by atoms with van der Waals surface area (Å²) in [5, 5.41) is 22.4. The van der Waals surface area contributed by atoms with Crippen molar-refractivity contribution < 1.29 is 15.0 Å². The minimum atomic E-state index is -1.18. The first-order valence-corrected chi connectivity index (χ1v) is 12.2. The number of carbonyl (C=O) groups excluding carboxylic acids is 1. The Hall–Kier alpha value is -0.605. The van der Waals surface area contributed by atoms with Crippen molar-refractivity contribution in [3.05, 3.63) is 11.6 Å². The highest BCUT2D eigenvalue weighted by Gasteiger charge is 2.65. The third-order valence-corrected chi connectivity index (χ3v) is 10.1. The Labute approximate surface area is 184 Å². The Balaban J connectivity index is 1.65. The van der Waals surface area contributed by atoms with E-state index < -0.39 is 11.1 Å². The highest BCUT2D eigenvalue weighted by molar-refractivity contribution is 6.14. The number of aliphatic hydroxyl groups is 2. The average molecular weight is 412 g/mol. The monoisotopic (exact) mass is 412 g/mol. The molecule has 0 aromatic rings. The molecule has 0 amide bonds. The lowest BCUT2D eigenvalue weighted by Crippen LogP contribution is -2.63. The third kappa shape index (κ3) is 3.45. The molecular weight excluding hydrogens is 371 g/mol. The van der Waals surface area contributed by atoms with Crippen molar-refractivity contribution in [1.29, 1.82) is 0 Å². The molecule has 0 heterocycles. The number of fused-ring (bicyclic) bond motifs is 5. The zero-order valence-electron chi connectivity index (χ0n) is 19.7. The lowest BCUT2D eigenvalue weighted by molar-refractivity contribution is -0.155. The molecule has 0 saturated heterocycles. The van der Waals surface area contributed by atoms with Crippen molar-refractivity contribution in [2.75, 3.05) is 0 Å². The predicted molar refractivity (Wildman–Crippen MR) is 121 cm³/mol. The molecule has 9 atom stereocenters. The van der Waals surface area contributed by atoms with Crippen LogP contribution in [0.3, 0.4) is 0 Å². The maximum atomic E-state index is 11.8. The molecule has 0 aliphatic heterocycles. The van der Waals surface area contributed by atoms with Gasteiger partial charge >= 0.3 is 0 Å². The minimum Gasteiger partial charge on any atom is -0.399 e. The molecular formula is C26H41BO3. The van der Waals surface area contributed by atoms with Crippen molar-refractivity contribution >= 4 is 13.6 Å². The Bertz CT molecular complexity index is 741. The molecule has 0 aromatic heterocycles. The van der Waals surface area contributed by atoms with E-state index in [4.69, 9.17) is 7.85 Å². The van der Waals surface area contributed by atoms with Crippen molar-refractivity contribution in [3.63, 3.8) is 0 Å². The van der Waals surface area contributed by atoms with Crippen LogP contribution in [0.15, 0.2) is 11.6 Å². The van der Waals surface area contributed by atoms with E-state index >= 15 is 0 Å². The highest BCUT2D eigenvalue weighted by Crippen LogP contribution is 2.69. The van der Waals surface area contributed by atoms with Crippen LogP contribution in [0.2, 0.25) is 0 Å². The van der Waals surface area contributed by atoms with Crippen molar-refractivity contribution in [3.8, 4) is 0 Å². The topological polar surface area (TPSA) is 57.5 Å². The van der Waals surface area contributed by atoms with Gasteiger partial charge in [0.1, 0.15) is 13.6 Å². The summed E-state index contributed by atoms with van der Waals surface area (Å²) in [6.07, 6.45) is 10.4. The molecule has 3 fully saturated rings. The number of Topliss-reactive ketones (excluding diaryl/α,β-unsaturated/α-hetero) is 1. The standard InChI is InChI=1S/C26H41BO3/c1-16(6-7-17(2)28)20-10-11-21-19-9-8-18-14-23(3,29)12-13-24(18,4)22(19)26(27,30)15-25(20,21)5/h8,16,19-22,29-30H,6-7,9-15H2,1-5H3/t16-,19?,20?,21?,22?,23+,24?,25?,26?/m1/s1. The van der Waals surface area contributed by atoms with Gasteiger partial charge in [0.15, 0.2) is 0 Å². The zero-order valence-corrected chi connectivity index (χ0v) is 19.7. The smallest absolute Gasteiger partial charge is 0.129 e. The number of carbonyl (C=O) groups is 1. The van der Waals surface area contributed by atoms with Gasteiger partial charge in [-0.05, 0) is 106 Å². The summed E-state index contributed by atoms with van der Waals surface area (Å²) < 4.78 is 0.